The second-order valence-corrected chi connectivity index (χ2v) is 12.2. The lowest BCUT2D eigenvalue weighted by atomic mass is 10.0. The number of halogens is 1. The molecule has 7 nitrogen and oxygen atoms in total. The average molecular weight is 625 g/mol. The van der Waals surface area contributed by atoms with E-state index in [-0.39, 0.29) is 17.9 Å². The summed E-state index contributed by atoms with van der Waals surface area (Å²) in [7, 11) is 5.89. The number of anilines is 2. The van der Waals surface area contributed by atoms with Gasteiger partial charge in [-0.05, 0) is 94.9 Å². The Morgan fingerprint density at radius 3 is 2.33 bits per heavy atom. The zero-order valence-corrected chi connectivity index (χ0v) is 28.5. The van der Waals surface area contributed by atoms with Crippen molar-refractivity contribution in [3.8, 4) is 5.75 Å². The van der Waals surface area contributed by atoms with Crippen molar-refractivity contribution in [2.45, 2.75) is 52.6 Å². The van der Waals surface area contributed by atoms with Crippen molar-refractivity contribution >= 4 is 28.6 Å². The molecular weight excluding hydrogens is 575 g/mol. The summed E-state index contributed by atoms with van der Waals surface area (Å²) in [6.45, 7) is 16.6. The third-order valence-electron chi connectivity index (χ3n) is 9.25. The molecular formula is C38H49FN6O. The van der Waals surface area contributed by atoms with Crippen molar-refractivity contribution in [2.24, 2.45) is 4.99 Å². The van der Waals surface area contributed by atoms with E-state index in [0.29, 0.717) is 0 Å². The number of hydrogen-bond acceptors (Lipinski definition) is 7. The quantitative estimate of drug-likeness (QED) is 0.218. The van der Waals surface area contributed by atoms with Crippen molar-refractivity contribution in [3.63, 3.8) is 0 Å². The molecule has 1 saturated heterocycles. The highest BCUT2D eigenvalue weighted by Gasteiger charge is 2.37. The molecule has 0 spiro atoms. The fourth-order valence-corrected chi connectivity index (χ4v) is 6.39. The van der Waals surface area contributed by atoms with Gasteiger partial charge in [-0.3, -0.25) is 5.01 Å². The number of fused-ring (bicyclic) bond motifs is 1. The summed E-state index contributed by atoms with van der Waals surface area (Å²) in [5.74, 6) is 1.48. The van der Waals surface area contributed by atoms with Crippen molar-refractivity contribution in [1.82, 2.24) is 19.8 Å². The number of aryl methyl sites for hydroxylation is 1. The fraction of sp³-hybridized carbons (Fsp3) is 0.395. The van der Waals surface area contributed by atoms with Crippen LogP contribution in [0.5, 0.6) is 5.75 Å². The minimum Gasteiger partial charge on any atom is -0.497 e. The standard InChI is InChI=1S/C38H49FN6O/c1-9-13-37-34-14-11-12-15-35(34)40-38(45(37)43-24-22-42(23-25-43)28(4)27(3)41(6)7)29(5)44(32-18-16-31(39)17-19-32)36-21-20-33(46-8)26-30(36)10-2/h11-21,26-27,29H,4,9-10,22-25H2,1-3,5-8H3/b37-13+. The lowest BCUT2D eigenvalue weighted by Gasteiger charge is -2.48. The fourth-order valence-electron chi connectivity index (χ4n) is 6.39. The molecule has 0 saturated carbocycles. The maximum Gasteiger partial charge on any atom is 0.147 e. The van der Waals surface area contributed by atoms with Crippen LogP contribution in [0.1, 0.15) is 45.2 Å². The first-order valence-electron chi connectivity index (χ1n) is 16.4. The number of allylic oxidation sites excluding steroid dienone is 1. The molecule has 2 atom stereocenters. The average Bonchev–Trinajstić information content (AvgIpc) is 3.08. The highest BCUT2D eigenvalue weighted by atomic mass is 19.1. The zero-order valence-electron chi connectivity index (χ0n) is 28.5. The lowest BCUT2D eigenvalue weighted by molar-refractivity contribution is 0.0395. The molecule has 244 valence electrons. The Hall–Kier alpha value is -4.14. The maximum absolute atomic E-state index is 14.2. The molecule has 3 aromatic rings. The number of piperazine rings is 1. The monoisotopic (exact) mass is 624 g/mol. The van der Waals surface area contributed by atoms with Gasteiger partial charge in [0.1, 0.15) is 17.4 Å². The number of amidine groups is 1. The molecule has 0 N–H and O–H groups in total. The van der Waals surface area contributed by atoms with Crippen molar-refractivity contribution in [1.29, 1.82) is 0 Å². The minimum atomic E-state index is -0.261. The van der Waals surface area contributed by atoms with E-state index in [1.165, 1.54) is 12.1 Å². The molecule has 0 bridgehead atoms. The Morgan fingerprint density at radius 1 is 1.00 bits per heavy atom. The van der Waals surface area contributed by atoms with Crippen LogP contribution < -0.4 is 9.64 Å². The second kappa shape index (κ2) is 14.5. The van der Waals surface area contributed by atoms with Gasteiger partial charge in [-0.25, -0.2) is 14.4 Å². The number of methoxy groups -OCH3 is 1. The molecule has 2 heterocycles. The van der Waals surface area contributed by atoms with Crippen molar-refractivity contribution in [3.05, 3.63) is 102 Å². The topological polar surface area (TPSA) is 37.8 Å². The van der Waals surface area contributed by atoms with Crippen LogP contribution in [0.25, 0.3) is 5.70 Å². The third kappa shape index (κ3) is 6.69. The number of para-hydroxylation sites is 1. The summed E-state index contributed by atoms with van der Waals surface area (Å²) >= 11 is 0. The van der Waals surface area contributed by atoms with Gasteiger partial charge in [0.15, 0.2) is 0 Å². The molecule has 46 heavy (non-hydrogen) atoms. The van der Waals surface area contributed by atoms with Crippen molar-refractivity contribution < 1.29 is 9.13 Å². The van der Waals surface area contributed by atoms with E-state index in [4.69, 9.17) is 9.73 Å². The molecule has 0 aromatic heterocycles. The normalized spacial score (nSPS) is 17.5. The Kier molecular flexibility index (Phi) is 10.5. The van der Waals surface area contributed by atoms with Crippen LogP contribution in [0.2, 0.25) is 0 Å². The first-order valence-corrected chi connectivity index (χ1v) is 16.4. The lowest BCUT2D eigenvalue weighted by Crippen LogP contribution is -2.59. The SMILES string of the molecule is C=C(C(C)N(C)C)N1CCN(N2C(C(C)N(c3ccc(F)cc3)c3ccc(OC)cc3CC)=Nc3ccccc3/C2=C\CC)CC1. The van der Waals surface area contributed by atoms with Crippen LogP contribution in [0.15, 0.2) is 90.1 Å². The van der Waals surface area contributed by atoms with Crippen LogP contribution in [0.3, 0.4) is 0 Å². The van der Waals surface area contributed by atoms with E-state index in [0.717, 1.165) is 90.2 Å². The number of nitrogens with zero attached hydrogens (tertiary/aromatic N) is 6. The molecule has 0 amide bonds. The number of hydrazine groups is 1. The van der Waals surface area contributed by atoms with Crippen molar-refractivity contribution in [2.75, 3.05) is 52.3 Å². The highest BCUT2D eigenvalue weighted by molar-refractivity contribution is 6.03. The third-order valence-corrected chi connectivity index (χ3v) is 9.25. The maximum atomic E-state index is 14.2. The molecule has 8 heteroatoms. The van der Waals surface area contributed by atoms with Crippen LogP contribution in [-0.4, -0.2) is 85.1 Å². The molecule has 0 aliphatic carbocycles. The van der Waals surface area contributed by atoms with Crippen LogP contribution in [0, 0.1) is 5.82 Å². The number of aliphatic imine (C=N–C) groups is 1. The Morgan fingerprint density at radius 2 is 1.70 bits per heavy atom. The smallest absolute Gasteiger partial charge is 0.147 e. The van der Waals surface area contributed by atoms with Gasteiger partial charge in [0.2, 0.25) is 0 Å². The van der Waals surface area contributed by atoms with E-state index < -0.39 is 0 Å². The molecule has 0 radical (unpaired) electrons. The summed E-state index contributed by atoms with van der Waals surface area (Å²) in [5, 5.41) is 4.80. The predicted molar refractivity (Wildman–Crippen MR) is 189 cm³/mol. The van der Waals surface area contributed by atoms with E-state index in [2.05, 4.69) is 116 Å². The predicted octanol–water partition coefficient (Wildman–Crippen LogP) is 7.72. The van der Waals surface area contributed by atoms with E-state index >= 15 is 0 Å². The number of rotatable bonds is 11. The Labute approximate surface area is 274 Å². The Balaban J connectivity index is 1.61. The zero-order chi connectivity index (χ0) is 33.0. The largest absolute Gasteiger partial charge is 0.497 e. The van der Waals surface area contributed by atoms with Gasteiger partial charge >= 0.3 is 0 Å². The van der Waals surface area contributed by atoms with Gasteiger partial charge < -0.3 is 19.4 Å². The van der Waals surface area contributed by atoms with Gasteiger partial charge in [0.25, 0.3) is 0 Å². The molecule has 2 aliphatic heterocycles. The van der Waals surface area contributed by atoms with Gasteiger partial charge in [-0.1, -0.05) is 44.7 Å². The summed E-state index contributed by atoms with van der Waals surface area (Å²) in [6, 6.07) is 21.4. The molecule has 2 unspecified atom stereocenters. The van der Waals surface area contributed by atoms with Gasteiger partial charge in [-0.2, -0.15) is 0 Å². The van der Waals surface area contributed by atoms with Gasteiger partial charge in [0.05, 0.1) is 24.5 Å². The molecule has 5 rings (SSSR count). The minimum absolute atomic E-state index is 0.209. The van der Waals surface area contributed by atoms with E-state index in [1.807, 2.05) is 18.2 Å². The number of likely N-dealkylation sites (N-methyl/N-ethyl adjacent to an activating group) is 1. The van der Waals surface area contributed by atoms with Crippen LogP contribution >= 0.6 is 0 Å². The summed E-state index contributed by atoms with van der Waals surface area (Å²) in [5.41, 5.74) is 7.46. The second-order valence-electron chi connectivity index (χ2n) is 12.2. The summed E-state index contributed by atoms with van der Waals surface area (Å²) < 4.78 is 19.8. The van der Waals surface area contributed by atoms with Gasteiger partial charge in [0, 0.05) is 54.9 Å². The molecule has 3 aromatic carbocycles. The van der Waals surface area contributed by atoms with E-state index in [9.17, 15) is 4.39 Å². The first kappa shape index (κ1) is 33.2. The summed E-state index contributed by atoms with van der Waals surface area (Å²) in [4.78, 5) is 12.3. The number of hydrogen-bond donors (Lipinski definition) is 0. The highest BCUT2D eigenvalue weighted by Crippen LogP contribution is 2.40. The first-order chi connectivity index (χ1) is 22.2. The van der Waals surface area contributed by atoms with Crippen LogP contribution in [0.4, 0.5) is 21.5 Å². The number of benzene rings is 3. The Bertz CT molecular complexity index is 1570. The number of ether oxygens (including phenoxy) is 1. The molecule has 1 fully saturated rings. The summed E-state index contributed by atoms with van der Waals surface area (Å²) in [6.07, 6.45) is 4.01. The van der Waals surface area contributed by atoms with Gasteiger partial charge in [-0.15, -0.1) is 0 Å². The van der Waals surface area contributed by atoms with E-state index in [1.54, 1.807) is 7.11 Å². The molecule has 2 aliphatic rings. The van der Waals surface area contributed by atoms with Crippen LogP contribution in [-0.2, 0) is 6.42 Å².